The molecule has 1 aliphatic rings. The Morgan fingerprint density at radius 3 is 3.00 bits per heavy atom. The van der Waals surface area contributed by atoms with Crippen LogP contribution in [0.5, 0.6) is 0 Å². The number of hydrogen-bond donors (Lipinski definition) is 1. The van der Waals surface area contributed by atoms with Gasteiger partial charge >= 0.3 is 0 Å². The van der Waals surface area contributed by atoms with Crippen LogP contribution in [0.2, 0.25) is 0 Å². The predicted molar refractivity (Wildman–Crippen MR) is 66.3 cm³/mol. The summed E-state index contributed by atoms with van der Waals surface area (Å²) in [5, 5.41) is 4.10. The van der Waals surface area contributed by atoms with Crippen molar-refractivity contribution in [3.8, 4) is 0 Å². The third-order valence-electron chi connectivity index (χ3n) is 2.78. The number of unbranched alkanes of at least 4 members (excludes halogenated alkanes) is 1. The number of rotatable bonds is 5. The maximum Gasteiger partial charge on any atom is 0.220 e. The molecule has 88 valence electrons. The van der Waals surface area contributed by atoms with Crippen molar-refractivity contribution in [1.82, 2.24) is 10.2 Å². The summed E-state index contributed by atoms with van der Waals surface area (Å²) in [6.07, 6.45) is 5.07. The molecule has 3 nitrogen and oxygen atoms in total. The maximum absolute atomic E-state index is 11.5. The summed E-state index contributed by atoms with van der Waals surface area (Å²) in [7, 11) is 2.11. The van der Waals surface area contributed by atoms with E-state index < -0.39 is 0 Å². The van der Waals surface area contributed by atoms with E-state index in [1.165, 1.54) is 6.42 Å². The molecule has 1 saturated heterocycles. The topological polar surface area (TPSA) is 32.3 Å². The second-order valence-electron chi connectivity index (χ2n) is 4.31. The first-order chi connectivity index (χ1) is 7.22. The predicted octanol–water partition coefficient (Wildman–Crippen LogP) is 1.76. The number of likely N-dealkylation sites (N-methyl/N-ethyl adjacent to an activating group) is 1. The molecule has 15 heavy (non-hydrogen) atoms. The van der Waals surface area contributed by atoms with Crippen LogP contribution in [0.15, 0.2) is 0 Å². The minimum atomic E-state index is 0.219. The minimum absolute atomic E-state index is 0.219. The largest absolute Gasteiger partial charge is 0.352 e. The molecule has 1 amide bonds. The average molecular weight is 277 g/mol. The van der Waals surface area contributed by atoms with Gasteiger partial charge in [0.05, 0.1) is 0 Å². The molecule has 0 saturated carbocycles. The Morgan fingerprint density at radius 1 is 1.53 bits per heavy atom. The third-order valence-corrected chi connectivity index (χ3v) is 3.34. The monoisotopic (exact) mass is 276 g/mol. The second-order valence-corrected chi connectivity index (χ2v) is 5.11. The van der Waals surface area contributed by atoms with Crippen LogP contribution in [0.4, 0.5) is 0 Å². The molecular weight excluding hydrogens is 256 g/mol. The lowest BCUT2D eigenvalue weighted by Gasteiger charge is -2.30. The molecule has 1 aliphatic heterocycles. The van der Waals surface area contributed by atoms with Crippen LogP contribution < -0.4 is 5.32 Å². The van der Waals surface area contributed by atoms with Crippen molar-refractivity contribution in [2.24, 2.45) is 0 Å². The van der Waals surface area contributed by atoms with Gasteiger partial charge in [0, 0.05) is 24.3 Å². The number of hydrogen-bond acceptors (Lipinski definition) is 2. The number of halogens is 1. The molecule has 0 aromatic rings. The number of alkyl halides is 1. The van der Waals surface area contributed by atoms with Gasteiger partial charge in [-0.3, -0.25) is 4.79 Å². The molecule has 1 N–H and O–H groups in total. The molecule has 0 aromatic carbocycles. The van der Waals surface area contributed by atoms with Gasteiger partial charge in [0.25, 0.3) is 0 Å². The number of likely N-dealkylation sites (tertiary alicyclic amines) is 1. The van der Waals surface area contributed by atoms with Gasteiger partial charge in [0.1, 0.15) is 0 Å². The van der Waals surface area contributed by atoms with Crippen molar-refractivity contribution in [2.75, 3.05) is 25.5 Å². The van der Waals surface area contributed by atoms with Gasteiger partial charge in [-0.2, -0.15) is 0 Å². The third kappa shape index (κ3) is 5.52. The molecule has 1 rings (SSSR count). The first-order valence-electron chi connectivity index (χ1n) is 5.76. The van der Waals surface area contributed by atoms with E-state index in [9.17, 15) is 4.79 Å². The molecule has 0 radical (unpaired) electrons. The molecule has 4 heteroatoms. The van der Waals surface area contributed by atoms with E-state index in [0.29, 0.717) is 12.5 Å². The number of nitrogens with one attached hydrogen (secondary N) is 1. The van der Waals surface area contributed by atoms with Crippen molar-refractivity contribution in [3.63, 3.8) is 0 Å². The van der Waals surface area contributed by atoms with Gasteiger partial charge in [-0.1, -0.05) is 15.9 Å². The van der Waals surface area contributed by atoms with Crippen molar-refractivity contribution < 1.29 is 4.79 Å². The molecule has 1 fully saturated rings. The smallest absolute Gasteiger partial charge is 0.220 e. The zero-order valence-electron chi connectivity index (χ0n) is 9.47. The van der Waals surface area contributed by atoms with Gasteiger partial charge in [-0.15, -0.1) is 0 Å². The molecule has 0 aromatic heterocycles. The van der Waals surface area contributed by atoms with Gasteiger partial charge < -0.3 is 10.2 Å². The zero-order valence-corrected chi connectivity index (χ0v) is 11.1. The lowest BCUT2D eigenvalue weighted by molar-refractivity contribution is -0.122. The Bertz CT molecular complexity index is 199. The van der Waals surface area contributed by atoms with E-state index in [0.717, 1.165) is 37.7 Å². The number of amides is 1. The molecule has 1 heterocycles. The lowest BCUT2D eigenvalue weighted by Crippen LogP contribution is -2.46. The fourth-order valence-corrected chi connectivity index (χ4v) is 2.36. The Balaban J connectivity index is 2.13. The quantitative estimate of drug-likeness (QED) is 0.613. The minimum Gasteiger partial charge on any atom is -0.352 e. The summed E-state index contributed by atoms with van der Waals surface area (Å²) in [4.78, 5) is 13.8. The number of piperidine rings is 1. The number of nitrogens with zero attached hydrogens (tertiary/aromatic N) is 1. The van der Waals surface area contributed by atoms with Crippen LogP contribution >= 0.6 is 15.9 Å². The highest BCUT2D eigenvalue weighted by atomic mass is 79.9. The maximum atomic E-state index is 11.5. The van der Waals surface area contributed by atoms with Crippen molar-refractivity contribution in [2.45, 2.75) is 38.1 Å². The van der Waals surface area contributed by atoms with Gasteiger partial charge in [-0.05, 0) is 39.3 Å². The molecule has 1 atom stereocenters. The normalized spacial score (nSPS) is 22.7. The molecular formula is C11H21BrN2O. The summed E-state index contributed by atoms with van der Waals surface area (Å²) in [6, 6.07) is 0.375. The van der Waals surface area contributed by atoms with E-state index >= 15 is 0 Å². The summed E-state index contributed by atoms with van der Waals surface area (Å²) < 4.78 is 0. The molecule has 0 spiro atoms. The van der Waals surface area contributed by atoms with E-state index in [-0.39, 0.29) is 5.91 Å². The first kappa shape index (κ1) is 13.0. The summed E-state index contributed by atoms with van der Waals surface area (Å²) in [6.45, 7) is 2.17. The number of carbonyl (C=O) groups is 1. The van der Waals surface area contributed by atoms with Crippen LogP contribution in [-0.4, -0.2) is 42.3 Å². The average Bonchev–Trinajstić information content (AvgIpc) is 2.18. The molecule has 0 aliphatic carbocycles. The highest BCUT2D eigenvalue weighted by Gasteiger charge is 2.18. The lowest BCUT2D eigenvalue weighted by atomic mass is 10.1. The SMILES string of the molecule is CN1CCCC(NC(=O)CCCCBr)C1. The van der Waals surface area contributed by atoms with Crippen molar-refractivity contribution >= 4 is 21.8 Å². The van der Waals surface area contributed by atoms with Gasteiger partial charge in [0.15, 0.2) is 0 Å². The summed E-state index contributed by atoms with van der Waals surface area (Å²) in [5.41, 5.74) is 0. The zero-order chi connectivity index (χ0) is 11.1. The van der Waals surface area contributed by atoms with Crippen LogP contribution in [0.25, 0.3) is 0 Å². The van der Waals surface area contributed by atoms with Crippen LogP contribution in [0.3, 0.4) is 0 Å². The Labute approximate surface area is 101 Å². The highest BCUT2D eigenvalue weighted by Crippen LogP contribution is 2.08. The molecule has 0 bridgehead atoms. The van der Waals surface area contributed by atoms with E-state index in [2.05, 4.69) is 33.2 Å². The number of carbonyl (C=O) groups excluding carboxylic acids is 1. The highest BCUT2D eigenvalue weighted by molar-refractivity contribution is 9.09. The van der Waals surface area contributed by atoms with Crippen molar-refractivity contribution in [1.29, 1.82) is 0 Å². The van der Waals surface area contributed by atoms with Crippen LogP contribution in [0, 0.1) is 0 Å². The van der Waals surface area contributed by atoms with E-state index in [1.54, 1.807) is 0 Å². The second kappa shape index (κ2) is 7.23. The fourth-order valence-electron chi connectivity index (χ4n) is 1.96. The summed E-state index contributed by atoms with van der Waals surface area (Å²) >= 11 is 3.37. The Morgan fingerprint density at radius 2 is 2.33 bits per heavy atom. The van der Waals surface area contributed by atoms with Crippen molar-refractivity contribution in [3.05, 3.63) is 0 Å². The standard InChI is InChI=1S/C11H21BrN2O/c1-14-8-4-5-10(9-14)13-11(15)6-2-3-7-12/h10H,2-9H2,1H3,(H,13,15). The van der Waals surface area contributed by atoms with Gasteiger partial charge in [0.2, 0.25) is 5.91 Å². The van der Waals surface area contributed by atoms with Crippen LogP contribution in [-0.2, 0) is 4.79 Å². The van der Waals surface area contributed by atoms with E-state index in [4.69, 9.17) is 0 Å². The first-order valence-corrected chi connectivity index (χ1v) is 6.88. The van der Waals surface area contributed by atoms with Crippen LogP contribution in [0.1, 0.15) is 32.1 Å². The van der Waals surface area contributed by atoms with Gasteiger partial charge in [-0.25, -0.2) is 0 Å². The Hall–Kier alpha value is -0.0900. The Kier molecular flexibility index (Phi) is 6.25. The fraction of sp³-hybridized carbons (Fsp3) is 0.909. The molecule has 1 unspecified atom stereocenters. The summed E-state index contributed by atoms with van der Waals surface area (Å²) in [5.74, 6) is 0.219. The van der Waals surface area contributed by atoms with E-state index in [1.807, 2.05) is 0 Å².